The maximum atomic E-state index is 12.9. The summed E-state index contributed by atoms with van der Waals surface area (Å²) in [4.78, 5) is 21.8. The van der Waals surface area contributed by atoms with E-state index in [9.17, 15) is 4.79 Å². The fourth-order valence-corrected chi connectivity index (χ4v) is 4.20. The molecule has 1 aliphatic rings. The van der Waals surface area contributed by atoms with Crippen LogP contribution in [0.15, 0.2) is 82.6 Å². The number of fused-ring (bicyclic) bond motifs is 2. The lowest BCUT2D eigenvalue weighted by atomic mass is 10.1. The Morgan fingerprint density at radius 1 is 0.966 bits per heavy atom. The van der Waals surface area contributed by atoms with Crippen LogP contribution in [0.3, 0.4) is 0 Å². The van der Waals surface area contributed by atoms with Crippen molar-refractivity contribution in [3.05, 3.63) is 78.4 Å². The van der Waals surface area contributed by atoms with Crippen LogP contribution in [0.1, 0.15) is 5.56 Å². The van der Waals surface area contributed by atoms with Gasteiger partial charge in [-0.3, -0.25) is 5.73 Å². The maximum absolute atomic E-state index is 12.9. The van der Waals surface area contributed by atoms with Crippen molar-refractivity contribution in [3.8, 4) is 5.75 Å². The molecule has 3 aromatic rings. The number of hydrogen-bond acceptors (Lipinski definition) is 4. The highest BCUT2D eigenvalue weighted by molar-refractivity contribution is 7.99. The molecule has 7 heteroatoms. The third-order valence-electron chi connectivity index (χ3n) is 4.46. The molecule has 1 heterocycles. The molecular weight excluding hydrogens is 386 g/mol. The fourth-order valence-electron chi connectivity index (χ4n) is 3.15. The van der Waals surface area contributed by atoms with E-state index in [0.717, 1.165) is 32.5 Å². The molecule has 0 saturated heterocycles. The van der Waals surface area contributed by atoms with Gasteiger partial charge in [0, 0.05) is 15.4 Å². The lowest BCUT2D eigenvalue weighted by Crippen LogP contribution is -2.76. The van der Waals surface area contributed by atoms with Crippen LogP contribution >= 0.6 is 11.8 Å². The quantitative estimate of drug-likeness (QED) is 0.301. The van der Waals surface area contributed by atoms with Gasteiger partial charge in [0.1, 0.15) is 5.75 Å². The molecule has 0 unspecified atom stereocenters. The molecule has 0 fully saturated rings. The molecule has 0 aromatic heterocycles. The number of hydrogen-bond donors (Lipinski definition) is 2. The van der Waals surface area contributed by atoms with E-state index in [2.05, 4.69) is 5.16 Å². The molecule has 0 atom stereocenters. The standard InChI is InChI=1S/C22H19N3O3S/c1-27-18-11-5-2-8-15(18)14-21(23)24-28-22(26)25-16-9-3-6-12-19(16)29-20-13-7-4-10-17(20)25/h2-13H,14H2,1H3,(H2,23,24)/p+1. The number of rotatable bonds is 4. The minimum atomic E-state index is -0.562. The lowest BCUT2D eigenvalue weighted by molar-refractivity contribution is -0.722. The third kappa shape index (κ3) is 3.90. The van der Waals surface area contributed by atoms with Crippen molar-refractivity contribution in [1.29, 1.82) is 0 Å². The van der Waals surface area contributed by atoms with E-state index in [4.69, 9.17) is 15.3 Å². The summed E-state index contributed by atoms with van der Waals surface area (Å²) in [5, 5.41) is 2.58. The van der Waals surface area contributed by atoms with Gasteiger partial charge in [-0.15, -0.1) is 0 Å². The van der Waals surface area contributed by atoms with Crippen LogP contribution in [0.25, 0.3) is 0 Å². The second kappa shape index (κ2) is 8.28. The summed E-state index contributed by atoms with van der Waals surface area (Å²) in [5.74, 6) is 1.02. The molecule has 6 nitrogen and oxygen atoms in total. The minimum absolute atomic E-state index is 0.302. The van der Waals surface area contributed by atoms with Gasteiger partial charge in [0.05, 0.1) is 24.9 Å². The molecule has 1 aliphatic heterocycles. The number of ether oxygens (including phenoxy) is 1. The predicted molar refractivity (Wildman–Crippen MR) is 112 cm³/mol. The Hall–Kier alpha value is -3.45. The van der Waals surface area contributed by atoms with Crippen LogP contribution in [0.4, 0.5) is 16.2 Å². The monoisotopic (exact) mass is 406 g/mol. The number of benzene rings is 3. The van der Waals surface area contributed by atoms with Gasteiger partial charge >= 0.3 is 6.09 Å². The Morgan fingerprint density at radius 2 is 1.55 bits per heavy atom. The number of amidine groups is 1. The smallest absolute Gasteiger partial charge is 0.463 e. The number of nitrogens with one attached hydrogen (secondary N) is 1. The first-order valence-electron chi connectivity index (χ1n) is 9.03. The average Bonchev–Trinajstić information content (AvgIpc) is 2.76. The fraction of sp³-hybridized carbons (Fsp3) is 0.0909. The first kappa shape index (κ1) is 18.9. The summed E-state index contributed by atoms with van der Waals surface area (Å²) in [6.07, 6.45) is -0.200. The Balaban J connectivity index is 1.56. The van der Waals surface area contributed by atoms with E-state index in [1.54, 1.807) is 23.8 Å². The highest BCUT2D eigenvalue weighted by Crippen LogP contribution is 2.47. The van der Waals surface area contributed by atoms with Crippen molar-refractivity contribution < 1.29 is 19.5 Å². The molecule has 3 N–H and O–H groups in total. The van der Waals surface area contributed by atoms with Crippen LogP contribution in [0.5, 0.6) is 5.75 Å². The number of methoxy groups -OCH3 is 1. The highest BCUT2D eigenvalue weighted by Gasteiger charge is 2.30. The number of carbonyl (C=O) groups is 1. The topological polar surface area (TPSA) is 78.8 Å². The van der Waals surface area contributed by atoms with Gasteiger partial charge in [-0.05, 0) is 30.3 Å². The van der Waals surface area contributed by atoms with Crippen LogP contribution in [0.2, 0.25) is 0 Å². The van der Waals surface area contributed by atoms with E-state index in [1.165, 1.54) is 0 Å². The van der Waals surface area contributed by atoms with Gasteiger partial charge in [0.2, 0.25) is 0 Å². The number of amides is 1. The Labute approximate surface area is 172 Å². The van der Waals surface area contributed by atoms with Crippen molar-refractivity contribution in [2.24, 2.45) is 5.73 Å². The number of nitrogens with two attached hydrogens (primary N) is 1. The van der Waals surface area contributed by atoms with E-state index in [0.29, 0.717) is 12.3 Å². The maximum Gasteiger partial charge on any atom is 0.463 e. The van der Waals surface area contributed by atoms with Gasteiger partial charge in [0.15, 0.2) is 0 Å². The largest absolute Gasteiger partial charge is 0.496 e. The summed E-state index contributed by atoms with van der Waals surface area (Å²) in [6, 6.07) is 23.0. The molecule has 0 saturated carbocycles. The van der Waals surface area contributed by atoms with Crippen molar-refractivity contribution in [2.45, 2.75) is 16.2 Å². The van der Waals surface area contributed by atoms with Gasteiger partial charge in [0.25, 0.3) is 5.84 Å². The molecule has 0 radical (unpaired) electrons. The van der Waals surface area contributed by atoms with Crippen LogP contribution in [0, 0.1) is 0 Å². The van der Waals surface area contributed by atoms with Crippen molar-refractivity contribution in [1.82, 2.24) is 0 Å². The molecule has 1 amide bonds. The molecule has 0 bridgehead atoms. The molecule has 0 spiro atoms. The zero-order chi connectivity index (χ0) is 20.2. The number of nitrogens with zero attached hydrogens (tertiary/aromatic N) is 1. The lowest BCUT2D eigenvalue weighted by Gasteiger charge is -2.28. The van der Waals surface area contributed by atoms with Crippen LogP contribution < -0.4 is 20.5 Å². The van der Waals surface area contributed by atoms with Gasteiger partial charge in [-0.1, -0.05) is 59.4 Å². The summed E-state index contributed by atoms with van der Waals surface area (Å²) >= 11 is 1.62. The SMILES string of the molecule is COc1ccccc1CC(N)=[NH+]OC(=O)N1c2ccccc2Sc2ccccc21. The van der Waals surface area contributed by atoms with E-state index in [1.807, 2.05) is 72.8 Å². The molecule has 4 rings (SSSR count). The molecule has 29 heavy (non-hydrogen) atoms. The van der Waals surface area contributed by atoms with Crippen LogP contribution in [-0.2, 0) is 11.3 Å². The second-order valence-electron chi connectivity index (χ2n) is 6.36. The molecule has 146 valence electrons. The molecular formula is C22H20N3O3S+. The van der Waals surface area contributed by atoms with Crippen LogP contribution in [-0.4, -0.2) is 19.0 Å². The first-order chi connectivity index (χ1) is 14.2. The Kier molecular flexibility index (Phi) is 5.39. The number of anilines is 2. The normalized spacial score (nSPS) is 12.7. The average molecular weight is 406 g/mol. The summed E-state index contributed by atoms with van der Waals surface area (Å²) in [6.45, 7) is 0. The summed E-state index contributed by atoms with van der Waals surface area (Å²) in [5.41, 5.74) is 8.48. The van der Waals surface area contributed by atoms with E-state index < -0.39 is 6.09 Å². The highest BCUT2D eigenvalue weighted by atomic mass is 32.2. The van der Waals surface area contributed by atoms with E-state index in [-0.39, 0.29) is 0 Å². The molecule has 0 aliphatic carbocycles. The van der Waals surface area contributed by atoms with Gasteiger partial charge < -0.3 is 4.74 Å². The zero-order valence-electron chi connectivity index (χ0n) is 15.8. The van der Waals surface area contributed by atoms with Gasteiger partial charge in [-0.25, -0.2) is 14.5 Å². The van der Waals surface area contributed by atoms with Crippen molar-refractivity contribution in [2.75, 3.05) is 12.0 Å². The number of para-hydroxylation sites is 3. The van der Waals surface area contributed by atoms with Crippen molar-refractivity contribution >= 4 is 35.1 Å². The Morgan fingerprint density at radius 3 is 2.21 bits per heavy atom. The third-order valence-corrected chi connectivity index (χ3v) is 5.59. The number of carbonyl (C=O) groups excluding carboxylic acids is 1. The second-order valence-corrected chi connectivity index (χ2v) is 7.44. The summed E-state index contributed by atoms with van der Waals surface area (Å²) in [7, 11) is 1.60. The van der Waals surface area contributed by atoms with Crippen molar-refractivity contribution in [3.63, 3.8) is 0 Å². The predicted octanol–water partition coefficient (Wildman–Crippen LogP) is 3.03. The summed E-state index contributed by atoms with van der Waals surface area (Å²) < 4.78 is 5.33. The van der Waals surface area contributed by atoms with E-state index >= 15 is 0 Å². The molecule has 3 aromatic carbocycles. The first-order valence-corrected chi connectivity index (χ1v) is 9.85. The minimum Gasteiger partial charge on any atom is -0.496 e. The zero-order valence-corrected chi connectivity index (χ0v) is 16.6. The van der Waals surface area contributed by atoms with Gasteiger partial charge in [-0.2, -0.15) is 0 Å². The Bertz CT molecular complexity index is 1040.